The molecule has 0 bridgehead atoms. The van der Waals surface area contributed by atoms with Gasteiger partial charge in [0, 0.05) is 12.6 Å². The van der Waals surface area contributed by atoms with E-state index in [-0.39, 0.29) is 17.0 Å². The zero-order valence-electron chi connectivity index (χ0n) is 16.9. The molecule has 0 aliphatic carbocycles. The van der Waals surface area contributed by atoms with E-state index in [1.807, 2.05) is 0 Å². The van der Waals surface area contributed by atoms with E-state index in [2.05, 4.69) is 5.32 Å². The third-order valence-corrected chi connectivity index (χ3v) is 5.18. The number of ether oxygens (including phenoxy) is 1. The second-order valence-corrected chi connectivity index (χ2v) is 8.33. The summed E-state index contributed by atoms with van der Waals surface area (Å²) in [5.41, 5.74) is 0.0637. The van der Waals surface area contributed by atoms with Crippen LogP contribution >= 0.6 is 0 Å². The molecule has 0 saturated carbocycles. The van der Waals surface area contributed by atoms with Crippen LogP contribution < -0.4 is 10.5 Å². The molecule has 0 fully saturated rings. The topological polar surface area (TPSA) is 116 Å². The molecule has 172 valence electrons. The molecule has 1 unspecified atom stereocenters. The number of benzene rings is 2. The van der Waals surface area contributed by atoms with Crippen LogP contribution in [0.2, 0.25) is 0 Å². The molecule has 0 radical (unpaired) electrons. The minimum absolute atomic E-state index is 0.0241. The predicted octanol–water partition coefficient (Wildman–Crippen LogP) is 2.66. The van der Waals surface area contributed by atoms with Gasteiger partial charge in [-0.15, -0.1) is 0 Å². The molecule has 2 rings (SSSR count). The molecule has 32 heavy (non-hydrogen) atoms. The quantitative estimate of drug-likeness (QED) is 0.455. The number of hydrogen-bond acceptors (Lipinski definition) is 5. The first-order chi connectivity index (χ1) is 14.9. The van der Waals surface area contributed by atoms with Crippen molar-refractivity contribution in [3.63, 3.8) is 0 Å². The molecule has 2 aromatic rings. The van der Waals surface area contributed by atoms with E-state index in [9.17, 15) is 31.2 Å². The van der Waals surface area contributed by atoms with Crippen LogP contribution in [0, 0.1) is 0 Å². The number of carbonyl (C=O) groups is 2. The Balaban J connectivity index is 1.82. The summed E-state index contributed by atoms with van der Waals surface area (Å²) in [5.74, 6) is -1.45. The number of amides is 1. The van der Waals surface area contributed by atoms with E-state index in [1.165, 1.54) is 31.2 Å². The number of carbonyl (C=O) groups excluding carboxylic acids is 2. The van der Waals surface area contributed by atoms with Gasteiger partial charge in [-0.2, -0.15) is 13.2 Å². The number of esters is 1. The smallest absolute Gasteiger partial charge is 0.416 e. The molecule has 0 saturated heterocycles. The van der Waals surface area contributed by atoms with Crippen molar-refractivity contribution in [3.8, 4) is 0 Å². The van der Waals surface area contributed by atoms with Gasteiger partial charge in [-0.05, 0) is 54.8 Å². The molecule has 2 aromatic carbocycles. The van der Waals surface area contributed by atoms with Gasteiger partial charge in [-0.1, -0.05) is 24.3 Å². The van der Waals surface area contributed by atoms with E-state index in [4.69, 9.17) is 9.88 Å². The van der Waals surface area contributed by atoms with Crippen molar-refractivity contribution >= 4 is 28.0 Å². The number of sulfonamides is 1. The van der Waals surface area contributed by atoms with Gasteiger partial charge in [0.25, 0.3) is 5.91 Å². The van der Waals surface area contributed by atoms with Crippen molar-refractivity contribution in [2.45, 2.75) is 30.5 Å². The molecule has 7 nitrogen and oxygen atoms in total. The first-order valence-electron chi connectivity index (χ1n) is 9.31. The lowest BCUT2D eigenvalue weighted by molar-refractivity contribution is -0.150. The Hall–Kier alpha value is -3.18. The molecular formula is C21H21F3N2O5S. The van der Waals surface area contributed by atoms with Gasteiger partial charge < -0.3 is 10.1 Å². The van der Waals surface area contributed by atoms with Crippen molar-refractivity contribution in [3.05, 3.63) is 71.3 Å². The summed E-state index contributed by atoms with van der Waals surface area (Å²) in [6, 6.07) is 10.2. The Morgan fingerprint density at radius 1 is 1.16 bits per heavy atom. The highest BCUT2D eigenvalue weighted by Crippen LogP contribution is 2.29. The Kier molecular flexibility index (Phi) is 8.17. The molecule has 1 atom stereocenters. The Labute approximate surface area is 183 Å². The van der Waals surface area contributed by atoms with Crippen LogP contribution in [0.15, 0.2) is 59.5 Å². The highest BCUT2D eigenvalue weighted by atomic mass is 32.2. The van der Waals surface area contributed by atoms with Gasteiger partial charge in [0.1, 0.15) is 0 Å². The average Bonchev–Trinajstić information content (AvgIpc) is 2.71. The maximum absolute atomic E-state index is 12.7. The second kappa shape index (κ2) is 10.4. The maximum Gasteiger partial charge on any atom is 0.416 e. The van der Waals surface area contributed by atoms with Crippen LogP contribution in [0.3, 0.4) is 0 Å². The fourth-order valence-electron chi connectivity index (χ4n) is 2.57. The molecule has 0 aliphatic heterocycles. The lowest BCUT2D eigenvalue weighted by atomic mass is 10.1. The monoisotopic (exact) mass is 470 g/mol. The third-order valence-electron chi connectivity index (χ3n) is 4.25. The molecule has 0 heterocycles. The first kappa shape index (κ1) is 25.1. The van der Waals surface area contributed by atoms with Crippen molar-refractivity contribution in [1.82, 2.24) is 5.32 Å². The zero-order valence-corrected chi connectivity index (χ0v) is 17.7. The largest absolute Gasteiger partial charge is 0.449 e. The molecule has 3 N–H and O–H groups in total. The van der Waals surface area contributed by atoms with Crippen LogP contribution in [0.1, 0.15) is 23.6 Å². The summed E-state index contributed by atoms with van der Waals surface area (Å²) in [7, 11) is -3.78. The minimum Gasteiger partial charge on any atom is -0.449 e. The number of halogens is 3. The molecule has 0 spiro atoms. The average molecular weight is 470 g/mol. The lowest BCUT2D eigenvalue weighted by Gasteiger charge is -2.12. The number of alkyl halides is 3. The summed E-state index contributed by atoms with van der Waals surface area (Å²) in [6.07, 6.45) is -3.13. The fourth-order valence-corrected chi connectivity index (χ4v) is 3.08. The van der Waals surface area contributed by atoms with Gasteiger partial charge in [0.15, 0.2) is 6.10 Å². The van der Waals surface area contributed by atoms with Crippen LogP contribution in [0.25, 0.3) is 6.08 Å². The lowest BCUT2D eigenvalue weighted by Crippen LogP contribution is -2.36. The van der Waals surface area contributed by atoms with Crippen LogP contribution in [-0.2, 0) is 36.9 Å². The van der Waals surface area contributed by atoms with E-state index in [0.29, 0.717) is 6.42 Å². The summed E-state index contributed by atoms with van der Waals surface area (Å²) < 4.78 is 65.5. The van der Waals surface area contributed by atoms with Gasteiger partial charge in [0.05, 0.1) is 10.5 Å². The standard InChI is InChI=1S/C21H21F3N2O5S/c1-14(20(28)26-12-11-15-5-8-18(9-6-15)32(25,29)30)31-19(27)10-7-16-3-2-4-17(13-16)21(22,23)24/h2-10,13-14H,11-12H2,1H3,(H,26,28)(H2,25,29,30)/b10-7+. The van der Waals surface area contributed by atoms with Crippen LogP contribution in [-0.4, -0.2) is 32.9 Å². The van der Waals surface area contributed by atoms with Crippen LogP contribution in [0.5, 0.6) is 0 Å². The summed E-state index contributed by atoms with van der Waals surface area (Å²) in [4.78, 5) is 23.9. The van der Waals surface area contributed by atoms with Crippen LogP contribution in [0.4, 0.5) is 13.2 Å². The number of hydrogen-bond donors (Lipinski definition) is 2. The normalized spacial score (nSPS) is 13.0. The van der Waals surface area contributed by atoms with Gasteiger partial charge >= 0.3 is 12.1 Å². The van der Waals surface area contributed by atoms with Crippen molar-refractivity contribution in [2.24, 2.45) is 5.14 Å². The summed E-state index contributed by atoms with van der Waals surface area (Å²) >= 11 is 0. The summed E-state index contributed by atoms with van der Waals surface area (Å²) in [5, 5.41) is 7.59. The fraction of sp³-hybridized carbons (Fsp3) is 0.238. The number of nitrogens with two attached hydrogens (primary N) is 1. The molecule has 0 aromatic heterocycles. The van der Waals surface area contributed by atoms with Gasteiger partial charge in [-0.3, -0.25) is 4.79 Å². The molecule has 0 aliphatic rings. The second-order valence-electron chi connectivity index (χ2n) is 6.77. The minimum atomic E-state index is -4.50. The Morgan fingerprint density at radius 2 is 1.81 bits per heavy atom. The van der Waals surface area contributed by atoms with E-state index in [0.717, 1.165) is 29.8 Å². The van der Waals surface area contributed by atoms with Crippen molar-refractivity contribution < 1.29 is 35.9 Å². The third kappa shape index (κ3) is 7.82. The maximum atomic E-state index is 12.7. The Morgan fingerprint density at radius 3 is 2.41 bits per heavy atom. The highest BCUT2D eigenvalue weighted by molar-refractivity contribution is 7.89. The molecular weight excluding hydrogens is 449 g/mol. The molecule has 11 heteroatoms. The zero-order chi connectivity index (χ0) is 23.9. The van der Waals surface area contributed by atoms with E-state index in [1.54, 1.807) is 12.1 Å². The van der Waals surface area contributed by atoms with Crippen molar-refractivity contribution in [1.29, 1.82) is 0 Å². The first-order valence-corrected chi connectivity index (χ1v) is 10.9. The SMILES string of the molecule is CC(OC(=O)/C=C/c1cccc(C(F)(F)F)c1)C(=O)NCCc1ccc(S(N)(=O)=O)cc1. The highest BCUT2D eigenvalue weighted by Gasteiger charge is 2.30. The number of rotatable bonds is 8. The van der Waals surface area contributed by atoms with E-state index < -0.39 is 39.7 Å². The summed E-state index contributed by atoms with van der Waals surface area (Å²) in [6.45, 7) is 1.56. The van der Waals surface area contributed by atoms with Gasteiger partial charge in [0.2, 0.25) is 10.0 Å². The number of nitrogens with one attached hydrogen (secondary N) is 1. The van der Waals surface area contributed by atoms with Gasteiger partial charge in [-0.25, -0.2) is 18.4 Å². The molecule has 1 amide bonds. The van der Waals surface area contributed by atoms with E-state index >= 15 is 0 Å². The van der Waals surface area contributed by atoms with Crippen molar-refractivity contribution in [2.75, 3.05) is 6.54 Å². The Bertz CT molecular complexity index is 1100. The number of primary sulfonamides is 1. The predicted molar refractivity (Wildman–Crippen MR) is 111 cm³/mol.